The topological polar surface area (TPSA) is 41.3 Å². The van der Waals surface area contributed by atoms with Gasteiger partial charge in [0.2, 0.25) is 0 Å². The molecule has 1 aliphatic carbocycles. The molecule has 0 amide bonds. The van der Waals surface area contributed by atoms with E-state index in [2.05, 4.69) is 98.2 Å². The van der Waals surface area contributed by atoms with E-state index in [4.69, 9.17) is 5.73 Å². The summed E-state index contributed by atoms with van der Waals surface area (Å²) in [6.45, 7) is 18.4. The van der Waals surface area contributed by atoms with Gasteiger partial charge in [0.1, 0.15) is 0 Å². The molecule has 0 spiro atoms. The van der Waals surface area contributed by atoms with E-state index in [1.54, 1.807) is 6.08 Å². The third kappa shape index (κ3) is 6.69. The summed E-state index contributed by atoms with van der Waals surface area (Å²) in [5.74, 6) is 0. The number of anilines is 2. The van der Waals surface area contributed by atoms with Crippen LogP contribution in [0.15, 0.2) is 134 Å². The first kappa shape index (κ1) is 29.1. The van der Waals surface area contributed by atoms with Gasteiger partial charge in [0.05, 0.1) is 11.4 Å². The van der Waals surface area contributed by atoms with Crippen molar-refractivity contribution in [3.8, 4) is 11.1 Å². The third-order valence-corrected chi connectivity index (χ3v) is 6.59. The maximum absolute atomic E-state index is 5.22. The summed E-state index contributed by atoms with van der Waals surface area (Å²) in [7, 11) is 0. The quantitative estimate of drug-likeness (QED) is 0.340. The van der Waals surface area contributed by atoms with Crippen LogP contribution in [0.1, 0.15) is 51.3 Å². The molecule has 3 heteroatoms. The molecule has 0 bridgehead atoms. The van der Waals surface area contributed by atoms with Crippen LogP contribution in [0.2, 0.25) is 0 Å². The zero-order chi connectivity index (χ0) is 28.4. The number of fused-ring (bicyclic) bond motifs is 4. The second-order valence-corrected chi connectivity index (χ2v) is 9.62. The fourth-order valence-corrected chi connectivity index (χ4v) is 4.71. The van der Waals surface area contributed by atoms with Crippen molar-refractivity contribution in [2.24, 2.45) is 5.73 Å². The summed E-state index contributed by atoms with van der Waals surface area (Å²) in [6, 6.07) is 23.6. The van der Waals surface area contributed by atoms with E-state index in [0.717, 1.165) is 22.5 Å². The largest absolute Gasteiger partial charge is 0.399 e. The highest BCUT2D eigenvalue weighted by molar-refractivity contribution is 5.91. The lowest BCUT2D eigenvalue weighted by Gasteiger charge is -2.28. The molecule has 3 nitrogen and oxygen atoms in total. The Labute approximate surface area is 235 Å². The van der Waals surface area contributed by atoms with Crippen LogP contribution in [0.25, 0.3) is 16.7 Å². The lowest BCUT2D eigenvalue weighted by molar-refractivity contribution is 0.660. The van der Waals surface area contributed by atoms with E-state index in [1.807, 2.05) is 69.4 Å². The van der Waals surface area contributed by atoms with Crippen molar-refractivity contribution in [1.29, 1.82) is 0 Å². The molecule has 3 aromatic carbocycles. The summed E-state index contributed by atoms with van der Waals surface area (Å²) in [4.78, 5) is 0. The average molecular weight is 516 g/mol. The van der Waals surface area contributed by atoms with Crippen molar-refractivity contribution >= 4 is 16.9 Å². The minimum atomic E-state index is -0.0269. The molecule has 0 atom stereocenters. The first-order valence-corrected chi connectivity index (χ1v) is 13.5. The number of allylic oxidation sites excluding steroid dienone is 8. The van der Waals surface area contributed by atoms with Gasteiger partial charge in [0.25, 0.3) is 0 Å². The molecule has 0 saturated carbocycles. The number of nitrogens with zero attached hydrogens (tertiary/aromatic N) is 1. The fraction of sp³-hybridized carbons (Fsp3) is 0.167. The molecule has 5 rings (SSSR count). The van der Waals surface area contributed by atoms with E-state index in [-0.39, 0.29) is 5.41 Å². The Morgan fingerprint density at radius 2 is 1.56 bits per heavy atom. The van der Waals surface area contributed by atoms with Gasteiger partial charge in [-0.05, 0) is 71.2 Å². The Morgan fingerprint density at radius 3 is 2.26 bits per heavy atom. The van der Waals surface area contributed by atoms with E-state index >= 15 is 0 Å². The monoisotopic (exact) mass is 515 g/mol. The number of hydrazine groups is 1. The van der Waals surface area contributed by atoms with Crippen LogP contribution in [0.3, 0.4) is 0 Å². The van der Waals surface area contributed by atoms with Crippen molar-refractivity contribution in [1.82, 2.24) is 0 Å². The molecule has 0 radical (unpaired) electrons. The van der Waals surface area contributed by atoms with E-state index in [1.165, 1.54) is 22.3 Å². The van der Waals surface area contributed by atoms with Crippen molar-refractivity contribution in [2.45, 2.75) is 40.0 Å². The Bertz CT molecular complexity index is 1420. The van der Waals surface area contributed by atoms with Crippen LogP contribution in [-0.2, 0) is 5.41 Å². The highest BCUT2D eigenvalue weighted by Gasteiger charge is 2.36. The summed E-state index contributed by atoms with van der Waals surface area (Å²) in [6.07, 6.45) is 15.6. The third-order valence-electron chi connectivity index (χ3n) is 6.59. The van der Waals surface area contributed by atoms with Crippen molar-refractivity contribution in [3.05, 3.63) is 151 Å². The molecule has 2 aliphatic rings. The normalized spacial score (nSPS) is 15.9. The van der Waals surface area contributed by atoms with Gasteiger partial charge in [-0.2, -0.15) is 0 Å². The maximum atomic E-state index is 5.22. The molecule has 0 fully saturated rings. The van der Waals surface area contributed by atoms with Crippen LogP contribution in [0.5, 0.6) is 0 Å². The fourth-order valence-electron chi connectivity index (χ4n) is 4.71. The molecule has 200 valence electrons. The van der Waals surface area contributed by atoms with Crippen molar-refractivity contribution < 1.29 is 0 Å². The van der Waals surface area contributed by atoms with Gasteiger partial charge in [-0.3, -0.25) is 10.4 Å². The van der Waals surface area contributed by atoms with Crippen LogP contribution >= 0.6 is 0 Å². The zero-order valence-electron chi connectivity index (χ0n) is 23.9. The van der Waals surface area contributed by atoms with Crippen molar-refractivity contribution in [2.75, 3.05) is 10.4 Å². The molecule has 0 unspecified atom stereocenters. The van der Waals surface area contributed by atoms with Crippen molar-refractivity contribution in [3.63, 3.8) is 0 Å². The lowest BCUT2D eigenvalue weighted by atomic mass is 9.81. The number of benzene rings is 3. The molecule has 0 aromatic heterocycles. The highest BCUT2D eigenvalue weighted by atomic mass is 15.5. The predicted molar refractivity (Wildman–Crippen MR) is 172 cm³/mol. The van der Waals surface area contributed by atoms with E-state index < -0.39 is 0 Å². The van der Waals surface area contributed by atoms with Gasteiger partial charge < -0.3 is 5.73 Å². The molecular weight excluding hydrogens is 474 g/mol. The first-order chi connectivity index (χ1) is 18.8. The second-order valence-electron chi connectivity index (χ2n) is 9.62. The number of rotatable bonds is 4. The van der Waals surface area contributed by atoms with Crippen LogP contribution in [0, 0.1) is 0 Å². The number of nitrogens with two attached hydrogens (primary N) is 1. The van der Waals surface area contributed by atoms with E-state index in [0.29, 0.717) is 5.70 Å². The SMILES string of the molecule is C=C(N)/C=C\C=C/C.C=C1/C=C\C=C/N(Nc2ccccc2)c2cc3c(cc21)C(C)(C)c1ccccc1-3.CC. The minimum absolute atomic E-state index is 0.0269. The van der Waals surface area contributed by atoms with Gasteiger partial charge in [-0.25, -0.2) is 0 Å². The van der Waals surface area contributed by atoms with Gasteiger partial charge in [0.15, 0.2) is 0 Å². The Morgan fingerprint density at radius 1 is 0.872 bits per heavy atom. The molecule has 1 heterocycles. The number of nitrogens with one attached hydrogen (secondary N) is 1. The standard InChI is InChI=1S/C27H24N2.C7H11N.C2H6/c1-19-11-9-10-16-29(28-20-12-5-4-6-13-20)26-18-23-21-14-7-8-15-24(21)27(2,3)25(23)17-22(19)26;1-3-4-5-6-7(2)8;1-2/h4-18,28H,1H2,2-3H3;3-6H,2,8H2,1H3;1-2H3/b11-9-,16-10-;4-3-,6-5-;. The summed E-state index contributed by atoms with van der Waals surface area (Å²) in [5, 5.41) is 2.09. The summed E-state index contributed by atoms with van der Waals surface area (Å²) in [5.41, 5.74) is 19.0. The molecule has 1 aliphatic heterocycles. The maximum Gasteiger partial charge on any atom is 0.0707 e. The molecule has 39 heavy (non-hydrogen) atoms. The predicted octanol–water partition coefficient (Wildman–Crippen LogP) is 9.54. The Balaban J connectivity index is 0.000000364. The Hall–Kier alpha value is -4.50. The van der Waals surface area contributed by atoms with Crippen LogP contribution in [0.4, 0.5) is 11.4 Å². The number of hydrogen-bond acceptors (Lipinski definition) is 3. The smallest absolute Gasteiger partial charge is 0.0707 e. The van der Waals surface area contributed by atoms with Crippen LogP contribution in [-0.4, -0.2) is 0 Å². The van der Waals surface area contributed by atoms with Gasteiger partial charge in [-0.1, -0.05) is 114 Å². The average Bonchev–Trinajstić information content (AvgIpc) is 3.17. The summed E-state index contributed by atoms with van der Waals surface area (Å²) < 4.78 is 0. The Kier molecular flexibility index (Phi) is 9.94. The summed E-state index contributed by atoms with van der Waals surface area (Å²) >= 11 is 0. The van der Waals surface area contributed by atoms with Gasteiger partial charge in [-0.15, -0.1) is 0 Å². The van der Waals surface area contributed by atoms with Crippen LogP contribution < -0.4 is 16.2 Å². The molecular formula is C36H41N3. The molecule has 3 N–H and O–H groups in total. The second kappa shape index (κ2) is 13.3. The number of para-hydroxylation sites is 1. The first-order valence-electron chi connectivity index (χ1n) is 13.5. The zero-order valence-corrected chi connectivity index (χ0v) is 23.9. The molecule has 3 aromatic rings. The van der Waals surface area contributed by atoms with Gasteiger partial charge >= 0.3 is 0 Å². The highest BCUT2D eigenvalue weighted by Crippen LogP contribution is 2.51. The lowest BCUT2D eigenvalue weighted by Crippen LogP contribution is -2.25. The number of hydrogen-bond donors (Lipinski definition) is 2. The van der Waals surface area contributed by atoms with Gasteiger partial charge in [0, 0.05) is 22.9 Å². The molecule has 0 saturated heterocycles. The van der Waals surface area contributed by atoms with E-state index in [9.17, 15) is 0 Å². The minimum Gasteiger partial charge on any atom is -0.399 e.